The Morgan fingerprint density at radius 3 is 2.57 bits per heavy atom. The van der Waals surface area contributed by atoms with E-state index in [4.69, 9.17) is 5.21 Å². The van der Waals surface area contributed by atoms with Crippen LogP contribution >= 0.6 is 0 Å². The molecule has 0 aliphatic rings. The van der Waals surface area contributed by atoms with Gasteiger partial charge in [0.25, 0.3) is 0 Å². The molecule has 0 fully saturated rings. The van der Waals surface area contributed by atoms with Crippen LogP contribution in [0.25, 0.3) is 11.4 Å². The first kappa shape index (κ1) is 8.65. The van der Waals surface area contributed by atoms with Crippen molar-refractivity contribution in [1.29, 1.82) is 0 Å². The Kier molecular flexibility index (Phi) is 2.38. The molecule has 0 saturated heterocycles. The molecule has 14 heavy (non-hydrogen) atoms. The second kappa shape index (κ2) is 3.85. The molecule has 0 saturated carbocycles. The van der Waals surface area contributed by atoms with Gasteiger partial charge in [-0.2, -0.15) is 0 Å². The normalized spacial score (nSPS) is 9.79. The third kappa shape index (κ3) is 1.70. The fourth-order valence-corrected chi connectivity index (χ4v) is 1.18. The molecule has 0 bridgehead atoms. The summed E-state index contributed by atoms with van der Waals surface area (Å²) in [6, 6.07) is 9.00. The number of hydrogen-bond donors (Lipinski definition) is 2. The fraction of sp³-hybridized carbons (Fsp3) is 0. The van der Waals surface area contributed by atoms with Gasteiger partial charge in [0.05, 0.1) is 5.69 Å². The monoisotopic (exact) mass is 187 g/mol. The van der Waals surface area contributed by atoms with Crippen molar-refractivity contribution in [2.45, 2.75) is 0 Å². The molecule has 0 amide bonds. The molecule has 2 N–H and O–H groups in total. The van der Waals surface area contributed by atoms with Crippen molar-refractivity contribution in [2.75, 3.05) is 5.48 Å². The average Bonchev–Trinajstić information content (AvgIpc) is 2.30. The minimum absolute atomic E-state index is 0.620. The van der Waals surface area contributed by atoms with Gasteiger partial charge in [0, 0.05) is 18.0 Å². The van der Waals surface area contributed by atoms with E-state index in [0.717, 1.165) is 5.56 Å². The standard InChI is InChI=1S/C10H9N3O/c14-13-9-4-1-3-8(7-9)10-11-5-2-6-12-10/h1-7,13-14H. The first-order valence-electron chi connectivity index (χ1n) is 4.18. The number of nitrogens with one attached hydrogen (secondary N) is 1. The van der Waals surface area contributed by atoms with Crippen molar-refractivity contribution < 1.29 is 5.21 Å². The highest BCUT2D eigenvalue weighted by atomic mass is 16.5. The van der Waals surface area contributed by atoms with Crippen molar-refractivity contribution in [3.05, 3.63) is 42.7 Å². The summed E-state index contributed by atoms with van der Waals surface area (Å²) >= 11 is 0. The van der Waals surface area contributed by atoms with Gasteiger partial charge >= 0.3 is 0 Å². The highest BCUT2D eigenvalue weighted by molar-refractivity contribution is 5.61. The molecule has 1 aromatic carbocycles. The molecule has 1 heterocycles. The van der Waals surface area contributed by atoms with Crippen LogP contribution in [0.5, 0.6) is 0 Å². The lowest BCUT2D eigenvalue weighted by molar-refractivity contribution is 0.389. The van der Waals surface area contributed by atoms with E-state index in [-0.39, 0.29) is 0 Å². The number of anilines is 1. The molecule has 2 aromatic rings. The van der Waals surface area contributed by atoms with Crippen molar-refractivity contribution in [1.82, 2.24) is 9.97 Å². The predicted molar refractivity (Wildman–Crippen MR) is 52.9 cm³/mol. The Balaban J connectivity index is 2.42. The third-order valence-corrected chi connectivity index (χ3v) is 1.82. The molecule has 0 aliphatic carbocycles. The van der Waals surface area contributed by atoms with Gasteiger partial charge < -0.3 is 0 Å². The third-order valence-electron chi connectivity index (χ3n) is 1.82. The first-order valence-corrected chi connectivity index (χ1v) is 4.18. The fourth-order valence-electron chi connectivity index (χ4n) is 1.18. The molecule has 4 nitrogen and oxygen atoms in total. The zero-order valence-corrected chi connectivity index (χ0v) is 7.38. The summed E-state index contributed by atoms with van der Waals surface area (Å²) in [7, 11) is 0. The van der Waals surface area contributed by atoms with E-state index in [2.05, 4.69) is 15.4 Å². The van der Waals surface area contributed by atoms with Gasteiger partial charge in [-0.25, -0.2) is 9.97 Å². The molecule has 0 radical (unpaired) electrons. The molecule has 1 aromatic heterocycles. The lowest BCUT2D eigenvalue weighted by Crippen LogP contribution is -1.91. The van der Waals surface area contributed by atoms with Crippen molar-refractivity contribution in [2.24, 2.45) is 0 Å². The van der Waals surface area contributed by atoms with Crippen LogP contribution in [0.3, 0.4) is 0 Å². The van der Waals surface area contributed by atoms with E-state index in [1.54, 1.807) is 30.6 Å². The van der Waals surface area contributed by atoms with E-state index in [0.29, 0.717) is 11.5 Å². The maximum Gasteiger partial charge on any atom is 0.159 e. The second-order valence-corrected chi connectivity index (χ2v) is 2.77. The Hall–Kier alpha value is -1.94. The summed E-state index contributed by atoms with van der Waals surface area (Å²) in [5.74, 6) is 0.643. The van der Waals surface area contributed by atoms with Gasteiger partial charge in [-0.15, -0.1) is 0 Å². The Bertz CT molecular complexity index is 417. The van der Waals surface area contributed by atoms with Gasteiger partial charge in [0.2, 0.25) is 0 Å². The smallest absolute Gasteiger partial charge is 0.159 e. The molecule has 0 spiro atoms. The van der Waals surface area contributed by atoms with Crippen LogP contribution < -0.4 is 5.48 Å². The summed E-state index contributed by atoms with van der Waals surface area (Å²) in [5.41, 5.74) is 3.57. The number of benzene rings is 1. The topological polar surface area (TPSA) is 58.0 Å². The van der Waals surface area contributed by atoms with Crippen LogP contribution in [0, 0.1) is 0 Å². The van der Waals surface area contributed by atoms with Gasteiger partial charge in [-0.05, 0) is 18.2 Å². The highest BCUT2D eigenvalue weighted by Gasteiger charge is 1.99. The van der Waals surface area contributed by atoms with Gasteiger partial charge in [0.1, 0.15) is 0 Å². The molecular formula is C10H9N3O. The van der Waals surface area contributed by atoms with Crippen molar-refractivity contribution in [3.8, 4) is 11.4 Å². The van der Waals surface area contributed by atoms with E-state index < -0.39 is 0 Å². The zero-order valence-electron chi connectivity index (χ0n) is 7.38. The van der Waals surface area contributed by atoms with Crippen molar-refractivity contribution >= 4 is 5.69 Å². The Labute approximate surface area is 81.2 Å². The van der Waals surface area contributed by atoms with Crippen LogP contribution in [0.1, 0.15) is 0 Å². The van der Waals surface area contributed by atoms with Crippen LogP contribution in [0.4, 0.5) is 5.69 Å². The van der Waals surface area contributed by atoms with E-state index in [1.165, 1.54) is 0 Å². The molecular weight excluding hydrogens is 178 g/mol. The largest absolute Gasteiger partial charge is 0.291 e. The Morgan fingerprint density at radius 1 is 1.07 bits per heavy atom. The maximum atomic E-state index is 8.72. The zero-order chi connectivity index (χ0) is 9.80. The lowest BCUT2D eigenvalue weighted by Gasteiger charge is -2.01. The minimum atomic E-state index is 0.620. The summed E-state index contributed by atoms with van der Waals surface area (Å²) in [5, 5.41) is 8.72. The van der Waals surface area contributed by atoms with E-state index in [1.807, 2.05) is 12.1 Å². The van der Waals surface area contributed by atoms with E-state index >= 15 is 0 Å². The van der Waals surface area contributed by atoms with E-state index in [9.17, 15) is 0 Å². The quantitative estimate of drug-likeness (QED) is 0.705. The van der Waals surface area contributed by atoms with Crippen molar-refractivity contribution in [3.63, 3.8) is 0 Å². The molecule has 0 atom stereocenters. The number of aromatic nitrogens is 2. The lowest BCUT2D eigenvalue weighted by atomic mass is 10.2. The van der Waals surface area contributed by atoms with Gasteiger partial charge in [-0.1, -0.05) is 12.1 Å². The van der Waals surface area contributed by atoms with Crippen LogP contribution in [-0.2, 0) is 0 Å². The average molecular weight is 187 g/mol. The summed E-state index contributed by atoms with van der Waals surface area (Å²) in [6.07, 6.45) is 3.36. The molecule has 0 aliphatic heterocycles. The second-order valence-electron chi connectivity index (χ2n) is 2.77. The summed E-state index contributed by atoms with van der Waals surface area (Å²) in [4.78, 5) is 8.21. The first-order chi connectivity index (χ1) is 6.90. The predicted octanol–water partition coefficient (Wildman–Crippen LogP) is 1.94. The minimum Gasteiger partial charge on any atom is -0.291 e. The summed E-state index contributed by atoms with van der Waals surface area (Å²) in [6.45, 7) is 0. The molecule has 70 valence electrons. The SMILES string of the molecule is ONc1cccc(-c2ncccn2)c1. The Morgan fingerprint density at radius 2 is 1.86 bits per heavy atom. The van der Waals surface area contributed by atoms with Crippen LogP contribution in [0.15, 0.2) is 42.7 Å². The number of nitrogens with zero attached hydrogens (tertiary/aromatic N) is 2. The summed E-state index contributed by atoms with van der Waals surface area (Å²) < 4.78 is 0. The van der Waals surface area contributed by atoms with Gasteiger partial charge in [-0.3, -0.25) is 10.7 Å². The van der Waals surface area contributed by atoms with Gasteiger partial charge in [0.15, 0.2) is 5.82 Å². The van der Waals surface area contributed by atoms with Crippen LogP contribution in [0.2, 0.25) is 0 Å². The van der Waals surface area contributed by atoms with Crippen LogP contribution in [-0.4, -0.2) is 15.2 Å². The molecule has 0 unspecified atom stereocenters. The highest BCUT2D eigenvalue weighted by Crippen LogP contribution is 2.17. The maximum absolute atomic E-state index is 8.72. The number of rotatable bonds is 2. The molecule has 4 heteroatoms. The molecule has 2 rings (SSSR count). The number of hydrogen-bond acceptors (Lipinski definition) is 4.